The number of carboxylic acids is 1. The highest BCUT2D eigenvalue weighted by atomic mass is 16.4. The molecule has 0 aliphatic carbocycles. The first-order valence-electron chi connectivity index (χ1n) is 6.42. The summed E-state index contributed by atoms with van der Waals surface area (Å²) in [5.74, 6) is -1.43. The van der Waals surface area contributed by atoms with Gasteiger partial charge in [0.1, 0.15) is 5.69 Å². The van der Waals surface area contributed by atoms with E-state index in [1.165, 1.54) is 6.20 Å². The zero-order valence-electron chi connectivity index (χ0n) is 10.6. The van der Waals surface area contributed by atoms with Gasteiger partial charge in [-0.2, -0.15) is 0 Å². The molecule has 0 aromatic carbocycles. The standard InChI is InChI=1S/C13H15N3O3/c1-7-5-15-10(6-14-7)12(17)16-8-2-3-11(16)9(4-8)13(18)19/h5-6,8-9,11H,2-4H2,1H3,(H,18,19). The van der Waals surface area contributed by atoms with Gasteiger partial charge in [-0.05, 0) is 26.2 Å². The van der Waals surface area contributed by atoms with Crippen LogP contribution in [-0.4, -0.2) is 43.9 Å². The quantitative estimate of drug-likeness (QED) is 0.853. The molecular weight excluding hydrogens is 246 g/mol. The van der Waals surface area contributed by atoms with Crippen molar-refractivity contribution in [3.63, 3.8) is 0 Å². The van der Waals surface area contributed by atoms with Crippen molar-refractivity contribution in [2.45, 2.75) is 38.3 Å². The summed E-state index contributed by atoms with van der Waals surface area (Å²) in [6.07, 6.45) is 5.24. The number of hydrogen-bond donors (Lipinski definition) is 1. The second-order valence-electron chi connectivity index (χ2n) is 5.23. The molecule has 100 valence electrons. The topological polar surface area (TPSA) is 83.4 Å². The lowest BCUT2D eigenvalue weighted by Crippen LogP contribution is -2.38. The van der Waals surface area contributed by atoms with E-state index in [1.807, 2.05) is 0 Å². The van der Waals surface area contributed by atoms with Crippen molar-refractivity contribution in [1.82, 2.24) is 14.9 Å². The molecule has 1 N–H and O–H groups in total. The molecule has 2 aliphatic rings. The second kappa shape index (κ2) is 4.29. The van der Waals surface area contributed by atoms with Gasteiger partial charge in [-0.3, -0.25) is 14.6 Å². The van der Waals surface area contributed by atoms with Crippen LogP contribution in [0.5, 0.6) is 0 Å². The first kappa shape index (κ1) is 12.1. The summed E-state index contributed by atoms with van der Waals surface area (Å²) < 4.78 is 0. The van der Waals surface area contributed by atoms with Crippen LogP contribution in [0.4, 0.5) is 0 Å². The minimum atomic E-state index is -0.806. The van der Waals surface area contributed by atoms with Gasteiger partial charge in [-0.1, -0.05) is 0 Å². The Balaban J connectivity index is 1.85. The maximum Gasteiger partial charge on any atom is 0.308 e. The first-order valence-corrected chi connectivity index (χ1v) is 6.42. The van der Waals surface area contributed by atoms with Gasteiger partial charge in [0.2, 0.25) is 0 Å². The molecule has 3 atom stereocenters. The molecule has 0 saturated carbocycles. The minimum Gasteiger partial charge on any atom is -0.481 e. The lowest BCUT2D eigenvalue weighted by atomic mass is 9.89. The van der Waals surface area contributed by atoms with Crippen LogP contribution in [0.1, 0.15) is 35.4 Å². The predicted molar refractivity (Wildman–Crippen MR) is 65.5 cm³/mol. The minimum absolute atomic E-state index is 0.0432. The maximum atomic E-state index is 12.4. The predicted octanol–water partition coefficient (Wildman–Crippen LogP) is 0.863. The Kier molecular flexibility index (Phi) is 2.73. The molecular formula is C13H15N3O3. The van der Waals surface area contributed by atoms with Gasteiger partial charge in [0, 0.05) is 18.3 Å². The summed E-state index contributed by atoms with van der Waals surface area (Å²) in [5.41, 5.74) is 1.05. The van der Waals surface area contributed by atoms with Crippen LogP contribution < -0.4 is 0 Å². The van der Waals surface area contributed by atoms with Crippen LogP contribution >= 0.6 is 0 Å². The van der Waals surface area contributed by atoms with Crippen LogP contribution in [-0.2, 0) is 4.79 Å². The van der Waals surface area contributed by atoms with E-state index in [0.717, 1.165) is 18.5 Å². The first-order chi connectivity index (χ1) is 9.08. The molecule has 3 heterocycles. The SMILES string of the molecule is Cc1cnc(C(=O)N2C3CCC2C(C(=O)O)C3)cn1. The van der Waals surface area contributed by atoms with Crippen molar-refractivity contribution in [3.05, 3.63) is 23.8 Å². The third-order valence-corrected chi connectivity index (χ3v) is 4.09. The summed E-state index contributed by atoms with van der Waals surface area (Å²) >= 11 is 0. The smallest absolute Gasteiger partial charge is 0.308 e. The molecule has 2 saturated heterocycles. The molecule has 19 heavy (non-hydrogen) atoms. The fraction of sp³-hybridized carbons (Fsp3) is 0.538. The van der Waals surface area contributed by atoms with Crippen molar-refractivity contribution in [1.29, 1.82) is 0 Å². The van der Waals surface area contributed by atoms with E-state index in [9.17, 15) is 14.7 Å². The Morgan fingerprint density at radius 2 is 2.11 bits per heavy atom. The van der Waals surface area contributed by atoms with Gasteiger partial charge >= 0.3 is 5.97 Å². The van der Waals surface area contributed by atoms with E-state index in [2.05, 4.69) is 9.97 Å². The number of carbonyl (C=O) groups is 2. The summed E-state index contributed by atoms with van der Waals surface area (Å²) in [6.45, 7) is 1.81. The van der Waals surface area contributed by atoms with E-state index < -0.39 is 11.9 Å². The average Bonchev–Trinajstić information content (AvgIpc) is 2.96. The van der Waals surface area contributed by atoms with Crippen LogP contribution in [0, 0.1) is 12.8 Å². The molecule has 2 aliphatic heterocycles. The largest absolute Gasteiger partial charge is 0.481 e. The summed E-state index contributed by atoms with van der Waals surface area (Å²) in [4.78, 5) is 33.5. The Morgan fingerprint density at radius 3 is 2.68 bits per heavy atom. The molecule has 0 spiro atoms. The van der Waals surface area contributed by atoms with Crippen molar-refractivity contribution in [3.8, 4) is 0 Å². The zero-order chi connectivity index (χ0) is 13.6. The highest BCUT2D eigenvalue weighted by molar-refractivity contribution is 5.93. The Labute approximate surface area is 110 Å². The van der Waals surface area contributed by atoms with Gasteiger partial charge in [-0.25, -0.2) is 4.98 Å². The number of nitrogens with zero attached hydrogens (tertiary/aromatic N) is 3. The number of fused-ring (bicyclic) bond motifs is 2. The van der Waals surface area contributed by atoms with Gasteiger partial charge < -0.3 is 10.0 Å². The monoisotopic (exact) mass is 261 g/mol. The Bertz CT molecular complexity index is 528. The Hall–Kier alpha value is -1.98. The van der Waals surface area contributed by atoms with Crippen molar-refractivity contribution < 1.29 is 14.7 Å². The lowest BCUT2D eigenvalue weighted by molar-refractivity contribution is -0.142. The molecule has 3 rings (SSSR count). The van der Waals surface area contributed by atoms with E-state index in [4.69, 9.17) is 0 Å². The number of aryl methyl sites for hydroxylation is 1. The molecule has 1 aromatic heterocycles. The molecule has 0 radical (unpaired) electrons. The highest BCUT2D eigenvalue weighted by Gasteiger charge is 2.51. The van der Waals surface area contributed by atoms with Crippen molar-refractivity contribution in [2.24, 2.45) is 5.92 Å². The molecule has 1 amide bonds. The number of amides is 1. The number of aliphatic carboxylic acids is 1. The van der Waals surface area contributed by atoms with Crippen LogP contribution in [0.3, 0.4) is 0 Å². The third-order valence-electron chi connectivity index (χ3n) is 4.09. The number of carbonyl (C=O) groups excluding carboxylic acids is 1. The van der Waals surface area contributed by atoms with Gasteiger partial charge in [-0.15, -0.1) is 0 Å². The van der Waals surface area contributed by atoms with E-state index in [0.29, 0.717) is 12.1 Å². The number of carboxylic acid groups (broad SMARTS) is 1. The van der Waals surface area contributed by atoms with Crippen LogP contribution in [0.25, 0.3) is 0 Å². The molecule has 2 bridgehead atoms. The van der Waals surface area contributed by atoms with E-state index >= 15 is 0 Å². The molecule has 3 unspecified atom stereocenters. The highest BCUT2D eigenvalue weighted by Crippen LogP contribution is 2.42. The summed E-state index contributed by atoms with van der Waals surface area (Å²) in [7, 11) is 0. The number of rotatable bonds is 2. The molecule has 2 fully saturated rings. The number of hydrogen-bond acceptors (Lipinski definition) is 4. The summed E-state index contributed by atoms with van der Waals surface area (Å²) in [5, 5.41) is 9.18. The molecule has 1 aromatic rings. The fourth-order valence-corrected chi connectivity index (χ4v) is 3.21. The van der Waals surface area contributed by atoms with Gasteiger partial charge in [0.15, 0.2) is 0 Å². The fourth-order valence-electron chi connectivity index (χ4n) is 3.21. The van der Waals surface area contributed by atoms with Crippen molar-refractivity contribution >= 4 is 11.9 Å². The third kappa shape index (κ3) is 1.87. The molecule has 6 nitrogen and oxygen atoms in total. The maximum absolute atomic E-state index is 12.4. The van der Waals surface area contributed by atoms with Crippen molar-refractivity contribution in [2.75, 3.05) is 0 Å². The van der Waals surface area contributed by atoms with Gasteiger partial charge in [0.25, 0.3) is 5.91 Å². The van der Waals surface area contributed by atoms with Crippen LogP contribution in [0.15, 0.2) is 12.4 Å². The van der Waals surface area contributed by atoms with Crippen LogP contribution in [0.2, 0.25) is 0 Å². The zero-order valence-corrected chi connectivity index (χ0v) is 10.6. The second-order valence-corrected chi connectivity index (χ2v) is 5.23. The van der Waals surface area contributed by atoms with Gasteiger partial charge in [0.05, 0.1) is 17.8 Å². The lowest BCUT2D eigenvalue weighted by Gasteiger charge is -2.22. The normalized spacial score (nSPS) is 28.7. The average molecular weight is 261 g/mol. The Morgan fingerprint density at radius 1 is 1.32 bits per heavy atom. The van der Waals surface area contributed by atoms with E-state index in [1.54, 1.807) is 18.0 Å². The summed E-state index contributed by atoms with van der Waals surface area (Å²) in [6, 6.07) is -0.139. The number of aromatic nitrogens is 2. The molecule has 6 heteroatoms. The van der Waals surface area contributed by atoms with E-state index in [-0.39, 0.29) is 18.0 Å².